The quantitative estimate of drug-likeness (QED) is 0.366. The first-order valence-corrected chi connectivity index (χ1v) is 12.0. The molecule has 7 nitrogen and oxygen atoms in total. The van der Waals surface area contributed by atoms with Crippen molar-refractivity contribution < 1.29 is 18.7 Å². The Kier molecular flexibility index (Phi) is 6.67. The van der Waals surface area contributed by atoms with E-state index >= 15 is 0 Å². The highest BCUT2D eigenvalue weighted by Crippen LogP contribution is 2.32. The Morgan fingerprint density at radius 3 is 2.60 bits per heavy atom. The van der Waals surface area contributed by atoms with E-state index in [4.69, 9.17) is 9.47 Å². The monoisotopic (exact) mass is 490 g/mol. The van der Waals surface area contributed by atoms with Gasteiger partial charge in [0, 0.05) is 18.7 Å². The van der Waals surface area contributed by atoms with Gasteiger partial charge in [0.25, 0.3) is 0 Å². The van der Waals surface area contributed by atoms with Crippen LogP contribution in [0, 0.1) is 5.82 Å². The van der Waals surface area contributed by atoms with Crippen molar-refractivity contribution in [1.29, 1.82) is 0 Å². The maximum atomic E-state index is 13.6. The number of benzene rings is 3. The summed E-state index contributed by atoms with van der Waals surface area (Å²) >= 11 is 1.30. The summed E-state index contributed by atoms with van der Waals surface area (Å²) < 4.78 is 26.2. The average Bonchev–Trinajstić information content (AvgIpc) is 3.50. The SMILES string of the molecule is C[C@H](Sc1nnc(Cc2ccccc2)n1-c1ccc(F)cc1)C(=O)NCc1ccc2c(c1)OCO2. The maximum Gasteiger partial charge on any atom is 0.233 e. The molecule has 1 N–H and O–H groups in total. The second kappa shape index (κ2) is 10.2. The topological polar surface area (TPSA) is 78.3 Å². The fourth-order valence-corrected chi connectivity index (χ4v) is 4.63. The van der Waals surface area contributed by atoms with E-state index < -0.39 is 5.25 Å². The van der Waals surface area contributed by atoms with Crippen molar-refractivity contribution in [3.8, 4) is 17.2 Å². The first-order chi connectivity index (χ1) is 17.1. The van der Waals surface area contributed by atoms with Crippen LogP contribution in [0.1, 0.15) is 23.9 Å². The van der Waals surface area contributed by atoms with Crippen LogP contribution in [0.3, 0.4) is 0 Å². The van der Waals surface area contributed by atoms with Gasteiger partial charge in [0.2, 0.25) is 12.7 Å². The molecule has 0 aliphatic carbocycles. The zero-order valence-electron chi connectivity index (χ0n) is 19.0. The van der Waals surface area contributed by atoms with E-state index in [1.165, 1.54) is 23.9 Å². The molecule has 1 atom stereocenters. The Hall–Kier alpha value is -3.85. The van der Waals surface area contributed by atoms with Crippen LogP contribution in [0.5, 0.6) is 11.5 Å². The number of fused-ring (bicyclic) bond motifs is 1. The molecule has 1 aliphatic heterocycles. The van der Waals surface area contributed by atoms with Crippen molar-refractivity contribution in [2.45, 2.75) is 30.3 Å². The molecule has 4 aromatic rings. The Bertz CT molecular complexity index is 1330. The highest BCUT2D eigenvalue weighted by atomic mass is 32.2. The minimum absolute atomic E-state index is 0.133. The summed E-state index contributed by atoms with van der Waals surface area (Å²) in [7, 11) is 0. The van der Waals surface area contributed by atoms with E-state index in [2.05, 4.69) is 15.5 Å². The number of rotatable bonds is 8. The molecule has 178 valence electrons. The zero-order chi connectivity index (χ0) is 24.2. The van der Waals surface area contributed by atoms with Crippen LogP contribution < -0.4 is 14.8 Å². The molecule has 1 aromatic heterocycles. The lowest BCUT2D eigenvalue weighted by molar-refractivity contribution is -0.120. The number of carbonyl (C=O) groups is 1. The number of hydrogen-bond acceptors (Lipinski definition) is 6. The number of carbonyl (C=O) groups excluding carboxylic acids is 1. The van der Waals surface area contributed by atoms with E-state index in [9.17, 15) is 9.18 Å². The van der Waals surface area contributed by atoms with E-state index in [0.29, 0.717) is 35.4 Å². The molecule has 1 amide bonds. The van der Waals surface area contributed by atoms with E-state index in [1.54, 1.807) is 12.1 Å². The largest absolute Gasteiger partial charge is 0.454 e. The Morgan fingerprint density at radius 1 is 1.03 bits per heavy atom. The summed E-state index contributed by atoms with van der Waals surface area (Å²) in [4.78, 5) is 12.8. The molecule has 0 saturated carbocycles. The van der Waals surface area contributed by atoms with Gasteiger partial charge in [-0.25, -0.2) is 4.39 Å². The molecular weight excluding hydrogens is 467 g/mol. The minimum Gasteiger partial charge on any atom is -0.454 e. The predicted molar refractivity (Wildman–Crippen MR) is 130 cm³/mol. The summed E-state index contributed by atoms with van der Waals surface area (Å²) in [6, 6.07) is 21.7. The number of ether oxygens (including phenoxy) is 2. The van der Waals surface area contributed by atoms with Crippen molar-refractivity contribution in [3.05, 3.63) is 95.6 Å². The van der Waals surface area contributed by atoms with E-state index in [0.717, 1.165) is 16.8 Å². The molecule has 0 bridgehead atoms. The number of amides is 1. The maximum absolute atomic E-state index is 13.6. The number of nitrogens with one attached hydrogen (secondary N) is 1. The first kappa shape index (κ1) is 22.9. The number of aromatic nitrogens is 3. The summed E-state index contributed by atoms with van der Waals surface area (Å²) in [6.45, 7) is 2.39. The summed E-state index contributed by atoms with van der Waals surface area (Å²) in [5, 5.41) is 11.8. The van der Waals surface area contributed by atoms with Gasteiger partial charge in [-0.1, -0.05) is 48.2 Å². The van der Waals surface area contributed by atoms with Gasteiger partial charge in [0.1, 0.15) is 11.6 Å². The molecule has 1 aliphatic rings. The van der Waals surface area contributed by atoms with Crippen molar-refractivity contribution in [2.75, 3.05) is 6.79 Å². The third-order valence-electron chi connectivity index (χ3n) is 5.55. The minimum atomic E-state index is -0.433. The van der Waals surface area contributed by atoms with Crippen molar-refractivity contribution in [1.82, 2.24) is 20.1 Å². The lowest BCUT2D eigenvalue weighted by Gasteiger charge is -2.14. The Balaban J connectivity index is 1.32. The summed E-state index contributed by atoms with van der Waals surface area (Å²) in [6.07, 6.45) is 0.552. The molecule has 0 radical (unpaired) electrons. The van der Waals surface area contributed by atoms with Crippen molar-refractivity contribution in [2.24, 2.45) is 0 Å². The van der Waals surface area contributed by atoms with Crippen LogP contribution in [0.25, 0.3) is 5.69 Å². The normalized spacial score (nSPS) is 13.0. The van der Waals surface area contributed by atoms with Gasteiger partial charge in [-0.15, -0.1) is 10.2 Å². The summed E-state index contributed by atoms with van der Waals surface area (Å²) in [5.41, 5.74) is 2.73. The van der Waals surface area contributed by atoms with Gasteiger partial charge in [0.05, 0.1) is 5.25 Å². The highest BCUT2D eigenvalue weighted by molar-refractivity contribution is 8.00. The molecule has 5 rings (SSSR count). The molecule has 35 heavy (non-hydrogen) atoms. The van der Waals surface area contributed by atoms with Crippen molar-refractivity contribution >= 4 is 17.7 Å². The lowest BCUT2D eigenvalue weighted by atomic mass is 10.1. The number of thioether (sulfide) groups is 1. The van der Waals surface area contributed by atoms with Crippen LogP contribution in [-0.4, -0.2) is 32.7 Å². The van der Waals surface area contributed by atoms with E-state index in [-0.39, 0.29) is 18.5 Å². The van der Waals surface area contributed by atoms with Gasteiger partial charge >= 0.3 is 0 Å². The molecule has 0 fully saturated rings. The average molecular weight is 491 g/mol. The molecule has 0 unspecified atom stereocenters. The van der Waals surface area contributed by atoms with Gasteiger partial charge in [-0.3, -0.25) is 9.36 Å². The second-order valence-electron chi connectivity index (χ2n) is 8.04. The third-order valence-corrected chi connectivity index (χ3v) is 6.59. The number of nitrogens with zero attached hydrogens (tertiary/aromatic N) is 3. The number of halogens is 1. The van der Waals surface area contributed by atoms with Crippen LogP contribution in [-0.2, 0) is 17.8 Å². The van der Waals surface area contributed by atoms with Crippen LogP contribution in [0.2, 0.25) is 0 Å². The molecule has 0 saturated heterocycles. The predicted octanol–water partition coefficient (Wildman–Crippen LogP) is 4.52. The molecule has 3 aromatic carbocycles. The molecule has 9 heteroatoms. The second-order valence-corrected chi connectivity index (χ2v) is 9.35. The molecule has 2 heterocycles. The highest BCUT2D eigenvalue weighted by Gasteiger charge is 2.22. The van der Waals surface area contributed by atoms with Crippen molar-refractivity contribution in [3.63, 3.8) is 0 Å². The zero-order valence-corrected chi connectivity index (χ0v) is 19.8. The standard InChI is InChI=1S/C26H23FN4O3S/c1-17(25(32)28-15-19-7-12-22-23(13-19)34-16-33-22)35-26-30-29-24(14-18-5-3-2-4-6-18)31(26)21-10-8-20(27)9-11-21/h2-13,17H,14-16H2,1H3,(H,28,32)/t17-/m0/s1. The smallest absolute Gasteiger partial charge is 0.233 e. The molecular formula is C26H23FN4O3S. The Labute approximate surface area is 206 Å². The first-order valence-electron chi connectivity index (χ1n) is 11.1. The van der Waals surface area contributed by atoms with Gasteiger partial charge < -0.3 is 14.8 Å². The van der Waals surface area contributed by atoms with Gasteiger partial charge in [-0.05, 0) is 54.4 Å². The lowest BCUT2D eigenvalue weighted by Crippen LogP contribution is -2.30. The van der Waals surface area contributed by atoms with Gasteiger partial charge in [-0.2, -0.15) is 0 Å². The fraction of sp³-hybridized carbons (Fsp3) is 0.192. The van der Waals surface area contributed by atoms with Crippen LogP contribution in [0.4, 0.5) is 4.39 Å². The molecule has 0 spiro atoms. The van der Waals surface area contributed by atoms with E-state index in [1.807, 2.05) is 60.0 Å². The number of hydrogen-bond donors (Lipinski definition) is 1. The third kappa shape index (κ3) is 5.30. The fourth-order valence-electron chi connectivity index (χ4n) is 3.71. The Morgan fingerprint density at radius 2 is 1.80 bits per heavy atom. The van der Waals surface area contributed by atoms with Crippen LogP contribution >= 0.6 is 11.8 Å². The van der Waals surface area contributed by atoms with Crippen LogP contribution in [0.15, 0.2) is 78.0 Å². The summed E-state index contributed by atoms with van der Waals surface area (Å²) in [5.74, 6) is 1.63. The van der Waals surface area contributed by atoms with Gasteiger partial charge in [0.15, 0.2) is 16.7 Å².